The first-order valence-corrected chi connectivity index (χ1v) is 6.08. The summed E-state index contributed by atoms with van der Waals surface area (Å²) in [6.07, 6.45) is 1.22. The Morgan fingerprint density at radius 1 is 1.06 bits per heavy atom. The van der Waals surface area contributed by atoms with Crippen molar-refractivity contribution >= 4 is 0 Å². The first-order valence-electron chi connectivity index (χ1n) is 6.08. The van der Waals surface area contributed by atoms with Gasteiger partial charge in [0, 0.05) is 51.8 Å². The van der Waals surface area contributed by atoms with Crippen molar-refractivity contribution in [1.82, 2.24) is 4.90 Å². The molecule has 0 aromatic heterocycles. The average Bonchev–Trinajstić information content (AvgIpc) is 2.31. The van der Waals surface area contributed by atoms with Crippen molar-refractivity contribution in [2.75, 3.05) is 6.54 Å². The Kier molecular flexibility index (Phi) is 8.53. The van der Waals surface area contributed by atoms with Crippen molar-refractivity contribution in [2.24, 2.45) is 0 Å². The number of nitrogens with zero attached hydrogens (tertiary/aromatic N) is 1. The molecule has 0 saturated heterocycles. The van der Waals surface area contributed by atoms with Crippen molar-refractivity contribution in [3.63, 3.8) is 0 Å². The molecule has 0 atom stereocenters. The van der Waals surface area contributed by atoms with E-state index in [9.17, 15) is 0 Å². The molecule has 0 aliphatic carbocycles. The fourth-order valence-corrected chi connectivity index (χ4v) is 1.96. The third-order valence-corrected chi connectivity index (χ3v) is 2.89. The van der Waals surface area contributed by atoms with E-state index in [0.29, 0.717) is 6.04 Å². The fourth-order valence-electron chi connectivity index (χ4n) is 1.96. The van der Waals surface area contributed by atoms with Crippen molar-refractivity contribution < 1.29 is 32.7 Å². The summed E-state index contributed by atoms with van der Waals surface area (Å²) in [7, 11) is 0. The Morgan fingerprint density at radius 2 is 1.62 bits per heavy atom. The van der Waals surface area contributed by atoms with Gasteiger partial charge in [-0.25, -0.2) is 0 Å². The summed E-state index contributed by atoms with van der Waals surface area (Å²) >= 11 is 0. The van der Waals surface area contributed by atoms with Crippen LogP contribution in [0.3, 0.4) is 0 Å². The number of fused-ring (bicyclic) bond motifs is 1. The van der Waals surface area contributed by atoms with E-state index in [4.69, 9.17) is 0 Å². The predicted octanol–water partition coefficient (Wildman–Crippen LogP) is 3.48. The SMILES string of the molecule is CC.CC(C)N1CCc2ccccc2C1.[Y]. The number of benzene rings is 1. The largest absolute Gasteiger partial charge is 0.296 e. The topological polar surface area (TPSA) is 3.24 Å². The van der Waals surface area contributed by atoms with E-state index in [2.05, 4.69) is 43.0 Å². The summed E-state index contributed by atoms with van der Waals surface area (Å²) in [4.78, 5) is 2.53. The van der Waals surface area contributed by atoms with Gasteiger partial charge in [0.15, 0.2) is 0 Å². The number of rotatable bonds is 1. The monoisotopic (exact) mass is 294 g/mol. The van der Waals surface area contributed by atoms with Gasteiger partial charge >= 0.3 is 0 Å². The van der Waals surface area contributed by atoms with Crippen molar-refractivity contribution in [2.45, 2.75) is 46.7 Å². The minimum Gasteiger partial charge on any atom is -0.296 e. The Bertz CT molecular complexity index is 297. The Labute approximate surface area is 125 Å². The van der Waals surface area contributed by atoms with Crippen molar-refractivity contribution in [3.8, 4) is 0 Å². The van der Waals surface area contributed by atoms with Crippen molar-refractivity contribution in [3.05, 3.63) is 35.4 Å². The van der Waals surface area contributed by atoms with Crippen molar-refractivity contribution in [1.29, 1.82) is 0 Å². The molecule has 1 radical (unpaired) electrons. The van der Waals surface area contributed by atoms with E-state index in [1.165, 1.54) is 18.5 Å². The van der Waals surface area contributed by atoms with E-state index in [1.54, 1.807) is 5.56 Å². The van der Waals surface area contributed by atoms with Gasteiger partial charge in [-0.3, -0.25) is 4.90 Å². The van der Waals surface area contributed by atoms with Crippen LogP contribution >= 0.6 is 0 Å². The molecule has 0 saturated carbocycles. The molecular weight excluding hydrogens is 271 g/mol. The van der Waals surface area contributed by atoms with Crippen LogP contribution in [0.2, 0.25) is 0 Å². The molecule has 0 spiro atoms. The Morgan fingerprint density at radius 3 is 2.19 bits per heavy atom. The zero-order chi connectivity index (χ0) is 11.3. The second-order valence-corrected chi connectivity index (χ2v) is 4.08. The zero-order valence-electron chi connectivity index (χ0n) is 11.0. The van der Waals surface area contributed by atoms with E-state index < -0.39 is 0 Å². The van der Waals surface area contributed by atoms with Crippen LogP contribution in [0.4, 0.5) is 0 Å². The van der Waals surface area contributed by atoms with Gasteiger partial charge in [-0.05, 0) is 31.4 Å². The number of hydrogen-bond acceptors (Lipinski definition) is 1. The molecule has 2 heteroatoms. The molecule has 1 aliphatic rings. The van der Waals surface area contributed by atoms with Crippen LogP contribution in [-0.2, 0) is 45.7 Å². The van der Waals surface area contributed by atoms with E-state index in [0.717, 1.165) is 6.54 Å². The van der Waals surface area contributed by atoms with Gasteiger partial charge in [-0.2, -0.15) is 0 Å². The van der Waals surface area contributed by atoms with Crippen LogP contribution in [0, 0.1) is 0 Å². The average molecular weight is 294 g/mol. The van der Waals surface area contributed by atoms with Gasteiger partial charge in [0.1, 0.15) is 0 Å². The minimum atomic E-state index is 0. The standard InChI is InChI=1S/C12H17N.C2H6.Y/c1-10(2)13-8-7-11-5-3-4-6-12(11)9-13;1-2;/h3-6,10H,7-9H2,1-2H3;1-2H3;. The molecule has 87 valence electrons. The first-order chi connectivity index (χ1) is 7.27. The van der Waals surface area contributed by atoms with Gasteiger partial charge < -0.3 is 0 Å². The van der Waals surface area contributed by atoms with Crippen LogP contribution in [0.5, 0.6) is 0 Å². The molecule has 0 N–H and O–H groups in total. The molecule has 2 rings (SSSR count). The zero-order valence-corrected chi connectivity index (χ0v) is 13.9. The van der Waals surface area contributed by atoms with Gasteiger partial charge in [0.2, 0.25) is 0 Å². The molecule has 16 heavy (non-hydrogen) atoms. The maximum atomic E-state index is 2.53. The molecule has 0 fully saturated rings. The van der Waals surface area contributed by atoms with Crippen LogP contribution in [-0.4, -0.2) is 17.5 Å². The smallest absolute Gasteiger partial charge is 0.0239 e. The van der Waals surface area contributed by atoms with E-state index >= 15 is 0 Å². The molecule has 1 aliphatic heterocycles. The molecule has 1 aromatic rings. The van der Waals surface area contributed by atoms with Crippen LogP contribution in [0.25, 0.3) is 0 Å². The molecule has 1 nitrogen and oxygen atoms in total. The summed E-state index contributed by atoms with van der Waals surface area (Å²) in [5.41, 5.74) is 3.06. The quantitative estimate of drug-likeness (QED) is 0.766. The maximum Gasteiger partial charge on any atom is 0.0239 e. The molecule has 0 bridgehead atoms. The molecule has 1 aromatic carbocycles. The summed E-state index contributed by atoms with van der Waals surface area (Å²) < 4.78 is 0. The summed E-state index contributed by atoms with van der Waals surface area (Å²) in [6.45, 7) is 10.9. The fraction of sp³-hybridized carbons (Fsp3) is 0.571. The second kappa shape index (κ2) is 8.39. The second-order valence-electron chi connectivity index (χ2n) is 4.08. The molecule has 0 unspecified atom stereocenters. The van der Waals surface area contributed by atoms with Crippen LogP contribution < -0.4 is 0 Å². The van der Waals surface area contributed by atoms with E-state index in [1.807, 2.05) is 13.8 Å². The third kappa shape index (κ3) is 4.27. The number of hydrogen-bond donors (Lipinski definition) is 0. The third-order valence-electron chi connectivity index (χ3n) is 2.89. The van der Waals surface area contributed by atoms with Gasteiger partial charge in [0.25, 0.3) is 0 Å². The molecule has 1 heterocycles. The normalized spacial score (nSPS) is 14.6. The molecular formula is C14H23NY. The van der Waals surface area contributed by atoms with Gasteiger partial charge in [0.05, 0.1) is 0 Å². The van der Waals surface area contributed by atoms with Gasteiger partial charge in [-0.15, -0.1) is 0 Å². The van der Waals surface area contributed by atoms with Crippen LogP contribution in [0.15, 0.2) is 24.3 Å². The first kappa shape index (κ1) is 16.3. The van der Waals surface area contributed by atoms with Crippen LogP contribution in [0.1, 0.15) is 38.8 Å². The summed E-state index contributed by atoms with van der Waals surface area (Å²) in [6, 6.07) is 9.47. The predicted molar refractivity (Wildman–Crippen MR) is 67.0 cm³/mol. The maximum absolute atomic E-state index is 2.53. The summed E-state index contributed by atoms with van der Waals surface area (Å²) in [5, 5.41) is 0. The van der Waals surface area contributed by atoms with Gasteiger partial charge in [-0.1, -0.05) is 38.1 Å². The minimum absolute atomic E-state index is 0. The van der Waals surface area contributed by atoms with E-state index in [-0.39, 0.29) is 32.7 Å². The Balaban J connectivity index is 0.000000711. The summed E-state index contributed by atoms with van der Waals surface area (Å²) in [5.74, 6) is 0. The molecule has 0 amide bonds. The Hall–Kier alpha value is 0.284.